The van der Waals surface area contributed by atoms with Crippen molar-refractivity contribution in [1.29, 1.82) is 0 Å². The molecule has 1 heterocycles. The molecule has 0 spiro atoms. The topological polar surface area (TPSA) is 87.0 Å². The van der Waals surface area contributed by atoms with Crippen molar-refractivity contribution in [2.45, 2.75) is 76.4 Å². The van der Waals surface area contributed by atoms with Crippen molar-refractivity contribution in [2.24, 2.45) is 0 Å². The normalized spacial score (nSPS) is 14.2. The molecule has 0 bridgehead atoms. The number of hydrogen-bond donors (Lipinski definition) is 0. The van der Waals surface area contributed by atoms with E-state index in [4.69, 9.17) is 4.43 Å². The Balaban J connectivity index is 2.17. The molecular weight excluding hydrogens is 392 g/mol. The first-order chi connectivity index (χ1) is 13.0. The van der Waals surface area contributed by atoms with Crippen LogP contribution in [0.4, 0.5) is 0 Å². The lowest BCUT2D eigenvalue weighted by Crippen LogP contribution is -2.44. The van der Waals surface area contributed by atoms with Gasteiger partial charge in [0.05, 0.1) is 11.4 Å². The average Bonchev–Trinajstić information content (AvgIpc) is 3.10. The molecule has 28 heavy (non-hydrogen) atoms. The van der Waals surface area contributed by atoms with Crippen molar-refractivity contribution < 1.29 is 12.8 Å². The Bertz CT molecular complexity index is 861. The predicted molar refractivity (Wildman–Crippen MR) is 113 cm³/mol. The van der Waals surface area contributed by atoms with E-state index in [2.05, 4.69) is 56.3 Å². The first kappa shape index (κ1) is 22.7. The summed E-state index contributed by atoms with van der Waals surface area (Å²) in [5.74, 6) is -0.0422. The standard InChI is InChI=1S/C19H32N4O3SSi/c1-7-11-17(26-28(5,6)19(2,3)4)14-15-27(24,25)18-20-21-22-23(18)16-12-9-8-10-13-16/h8-10,12-13,17H,7,11,14-15H2,1-6H3/t17-/m0/s1. The molecule has 1 aromatic carbocycles. The fourth-order valence-corrected chi connectivity index (χ4v) is 5.40. The third-order valence-electron chi connectivity index (χ3n) is 5.31. The van der Waals surface area contributed by atoms with Crippen LogP contribution in [-0.4, -0.2) is 48.8 Å². The second-order valence-corrected chi connectivity index (χ2v) is 15.4. The highest BCUT2D eigenvalue weighted by Crippen LogP contribution is 2.38. The van der Waals surface area contributed by atoms with Crippen LogP contribution in [0.2, 0.25) is 18.1 Å². The number of hydrogen-bond acceptors (Lipinski definition) is 6. The van der Waals surface area contributed by atoms with Gasteiger partial charge in [-0.15, -0.1) is 0 Å². The summed E-state index contributed by atoms with van der Waals surface area (Å²) in [5, 5.41) is 11.2. The zero-order chi connectivity index (χ0) is 21.0. The van der Waals surface area contributed by atoms with Gasteiger partial charge in [-0.1, -0.05) is 57.4 Å². The third kappa shape index (κ3) is 5.48. The Morgan fingerprint density at radius 3 is 2.36 bits per heavy atom. The van der Waals surface area contributed by atoms with E-state index in [1.54, 1.807) is 12.1 Å². The first-order valence-corrected chi connectivity index (χ1v) is 14.3. The number of sulfone groups is 1. The van der Waals surface area contributed by atoms with Crippen LogP contribution in [-0.2, 0) is 14.3 Å². The number of aromatic nitrogens is 4. The highest BCUT2D eigenvalue weighted by Gasteiger charge is 2.39. The van der Waals surface area contributed by atoms with Crippen molar-refractivity contribution in [2.75, 3.05) is 5.75 Å². The summed E-state index contributed by atoms with van der Waals surface area (Å²) in [7, 11) is -5.61. The van der Waals surface area contributed by atoms with Crippen LogP contribution in [0, 0.1) is 0 Å². The summed E-state index contributed by atoms with van der Waals surface area (Å²) in [5.41, 5.74) is 0.619. The lowest BCUT2D eigenvalue weighted by Gasteiger charge is -2.39. The van der Waals surface area contributed by atoms with Gasteiger partial charge in [0, 0.05) is 6.10 Å². The number of nitrogens with zero attached hydrogens (tertiary/aromatic N) is 4. The van der Waals surface area contributed by atoms with E-state index in [-0.39, 0.29) is 22.1 Å². The van der Waals surface area contributed by atoms with Crippen LogP contribution in [0.1, 0.15) is 47.0 Å². The molecule has 9 heteroatoms. The van der Waals surface area contributed by atoms with Gasteiger partial charge in [-0.05, 0) is 53.5 Å². The quantitative estimate of drug-likeness (QED) is 0.565. The Labute approximate surface area is 169 Å². The van der Waals surface area contributed by atoms with Gasteiger partial charge in [0.2, 0.25) is 9.84 Å². The zero-order valence-electron chi connectivity index (χ0n) is 17.7. The van der Waals surface area contributed by atoms with Crippen molar-refractivity contribution in [3.63, 3.8) is 0 Å². The Morgan fingerprint density at radius 1 is 1.14 bits per heavy atom. The van der Waals surface area contributed by atoms with Gasteiger partial charge >= 0.3 is 0 Å². The molecule has 0 radical (unpaired) electrons. The molecule has 0 N–H and O–H groups in total. The van der Waals surface area contributed by atoms with E-state index in [0.717, 1.165) is 12.8 Å². The van der Waals surface area contributed by atoms with Crippen molar-refractivity contribution in [1.82, 2.24) is 20.2 Å². The second-order valence-electron chi connectivity index (χ2n) is 8.61. The summed E-state index contributed by atoms with van der Waals surface area (Å²) in [6.07, 6.45) is 2.14. The fourth-order valence-electron chi connectivity index (χ4n) is 2.66. The number of rotatable bonds is 9. The van der Waals surface area contributed by atoms with E-state index in [1.807, 2.05) is 18.2 Å². The molecule has 1 aromatic heterocycles. The van der Waals surface area contributed by atoms with Gasteiger partial charge < -0.3 is 4.43 Å². The van der Waals surface area contributed by atoms with Gasteiger partial charge in [0.15, 0.2) is 8.32 Å². The largest absolute Gasteiger partial charge is 0.414 e. The molecule has 0 saturated heterocycles. The molecule has 156 valence electrons. The van der Waals surface area contributed by atoms with Crippen molar-refractivity contribution in [3.8, 4) is 5.69 Å². The molecule has 0 aliphatic rings. The number of tetrazole rings is 1. The van der Waals surface area contributed by atoms with Gasteiger partial charge in [-0.3, -0.25) is 0 Å². The average molecular weight is 425 g/mol. The van der Waals surface area contributed by atoms with Crippen LogP contribution in [0.5, 0.6) is 0 Å². The summed E-state index contributed by atoms with van der Waals surface area (Å²) in [6.45, 7) is 13.0. The van der Waals surface area contributed by atoms with Crippen molar-refractivity contribution >= 4 is 18.2 Å². The second kappa shape index (κ2) is 8.83. The lowest BCUT2D eigenvalue weighted by atomic mass is 10.2. The Kier molecular flexibility index (Phi) is 7.16. The minimum absolute atomic E-state index is 0.0422. The molecule has 1 atom stereocenters. The van der Waals surface area contributed by atoms with E-state index >= 15 is 0 Å². The maximum atomic E-state index is 13.0. The van der Waals surface area contributed by atoms with Crippen molar-refractivity contribution in [3.05, 3.63) is 30.3 Å². The maximum Gasteiger partial charge on any atom is 0.272 e. The molecule has 0 saturated carbocycles. The highest BCUT2D eigenvalue weighted by molar-refractivity contribution is 7.91. The molecular formula is C19H32N4O3SSi. The van der Waals surface area contributed by atoms with Crippen LogP contribution >= 0.6 is 0 Å². The molecule has 0 unspecified atom stereocenters. The highest BCUT2D eigenvalue weighted by atomic mass is 32.2. The van der Waals surface area contributed by atoms with Crippen LogP contribution in [0.15, 0.2) is 35.5 Å². The Hall–Kier alpha value is -1.58. The number of benzene rings is 1. The minimum atomic E-state index is -3.64. The third-order valence-corrected chi connectivity index (χ3v) is 11.4. The van der Waals surface area contributed by atoms with Crippen LogP contribution in [0.3, 0.4) is 0 Å². The molecule has 0 aliphatic heterocycles. The summed E-state index contributed by atoms with van der Waals surface area (Å²) in [6, 6.07) is 9.04. The summed E-state index contributed by atoms with van der Waals surface area (Å²) < 4.78 is 33.7. The minimum Gasteiger partial charge on any atom is -0.414 e. The molecule has 7 nitrogen and oxygen atoms in total. The summed E-state index contributed by atoms with van der Waals surface area (Å²) >= 11 is 0. The van der Waals surface area contributed by atoms with E-state index in [9.17, 15) is 8.42 Å². The fraction of sp³-hybridized carbons (Fsp3) is 0.632. The molecule has 0 amide bonds. The molecule has 2 rings (SSSR count). The predicted octanol–water partition coefficient (Wildman–Crippen LogP) is 4.02. The van der Waals surface area contributed by atoms with E-state index < -0.39 is 18.2 Å². The first-order valence-electron chi connectivity index (χ1n) is 9.72. The van der Waals surface area contributed by atoms with E-state index in [1.165, 1.54) is 4.68 Å². The lowest BCUT2D eigenvalue weighted by molar-refractivity contribution is 0.166. The van der Waals surface area contributed by atoms with E-state index in [0.29, 0.717) is 12.1 Å². The molecule has 0 fully saturated rings. The monoisotopic (exact) mass is 424 g/mol. The SMILES string of the molecule is CCC[C@@H](CCS(=O)(=O)c1nnnn1-c1ccccc1)O[Si](C)(C)C(C)(C)C. The van der Waals surface area contributed by atoms with Gasteiger partial charge in [0.25, 0.3) is 5.16 Å². The molecule has 0 aliphatic carbocycles. The number of para-hydroxylation sites is 1. The van der Waals surface area contributed by atoms with Crippen LogP contribution < -0.4 is 0 Å². The Morgan fingerprint density at radius 2 is 1.79 bits per heavy atom. The van der Waals surface area contributed by atoms with Crippen LogP contribution in [0.25, 0.3) is 5.69 Å². The zero-order valence-corrected chi connectivity index (χ0v) is 19.5. The maximum absolute atomic E-state index is 13.0. The summed E-state index contributed by atoms with van der Waals surface area (Å²) in [4.78, 5) is 0. The van der Waals surface area contributed by atoms with Gasteiger partial charge in [-0.25, -0.2) is 8.42 Å². The van der Waals surface area contributed by atoms with Gasteiger partial charge in [0.1, 0.15) is 0 Å². The smallest absolute Gasteiger partial charge is 0.272 e. The van der Waals surface area contributed by atoms with Gasteiger partial charge in [-0.2, -0.15) is 4.68 Å². The molecule has 2 aromatic rings.